The first-order valence-electron chi connectivity index (χ1n) is 13.7. The number of carbonyl (C=O) groups excluding carboxylic acids is 1. The zero-order valence-electron chi connectivity index (χ0n) is 24.8. The van der Waals surface area contributed by atoms with Crippen LogP contribution in [0, 0.1) is 5.41 Å². The van der Waals surface area contributed by atoms with Gasteiger partial charge in [-0.3, -0.25) is 10.2 Å². The van der Waals surface area contributed by atoms with Crippen molar-refractivity contribution in [3.05, 3.63) is 71.8 Å². The van der Waals surface area contributed by atoms with Crippen LogP contribution in [-0.2, 0) is 46.1 Å². The molecule has 8 nitrogen and oxygen atoms in total. The van der Waals surface area contributed by atoms with E-state index in [0.29, 0.717) is 0 Å². The van der Waals surface area contributed by atoms with Crippen molar-refractivity contribution in [3.8, 4) is 0 Å². The van der Waals surface area contributed by atoms with Gasteiger partial charge in [0.05, 0.1) is 19.8 Å². The lowest BCUT2D eigenvalue weighted by atomic mass is 9.98. The highest BCUT2D eigenvalue weighted by Crippen LogP contribution is 2.38. The zero-order valence-corrected chi connectivity index (χ0v) is 28.0. The molecule has 0 aliphatic carbocycles. The maximum absolute atomic E-state index is 12.3. The predicted molar refractivity (Wildman–Crippen MR) is 167 cm³/mol. The Morgan fingerprint density at radius 1 is 0.857 bits per heavy atom. The molecule has 42 heavy (non-hydrogen) atoms. The highest BCUT2D eigenvalue weighted by Gasteiger charge is 2.52. The molecule has 1 saturated heterocycles. The van der Waals surface area contributed by atoms with Crippen LogP contribution in [0.25, 0.3) is 0 Å². The average Bonchev–Trinajstić information content (AvgIpc) is 2.91. The van der Waals surface area contributed by atoms with Crippen molar-refractivity contribution in [1.82, 2.24) is 0 Å². The van der Waals surface area contributed by atoms with E-state index in [2.05, 4.69) is 33.9 Å². The fourth-order valence-electron chi connectivity index (χ4n) is 4.04. The van der Waals surface area contributed by atoms with Gasteiger partial charge in [-0.25, -0.2) is 0 Å². The molecule has 0 spiro atoms. The molecule has 2 aromatic rings. The molecule has 0 amide bonds. The van der Waals surface area contributed by atoms with Gasteiger partial charge in [0, 0.05) is 6.92 Å². The molecule has 0 bridgehead atoms. The van der Waals surface area contributed by atoms with Gasteiger partial charge in [0.2, 0.25) is 12.2 Å². The summed E-state index contributed by atoms with van der Waals surface area (Å²) in [6.07, 6.45) is -4.91. The summed E-state index contributed by atoms with van der Waals surface area (Å²) < 4.78 is 35.0. The molecule has 1 N–H and O–H groups in total. The Morgan fingerprint density at radius 3 is 1.81 bits per heavy atom. The normalized spacial score (nSPS) is 23.3. The van der Waals surface area contributed by atoms with Crippen molar-refractivity contribution in [3.63, 3.8) is 0 Å². The van der Waals surface area contributed by atoms with Gasteiger partial charge >= 0.3 is 5.97 Å². The van der Waals surface area contributed by atoms with Crippen LogP contribution in [-0.4, -0.2) is 61.3 Å². The summed E-state index contributed by atoms with van der Waals surface area (Å²) >= 11 is 17.8. The van der Waals surface area contributed by atoms with Crippen molar-refractivity contribution < 1.29 is 32.9 Å². The van der Waals surface area contributed by atoms with Crippen molar-refractivity contribution in [2.75, 3.05) is 6.61 Å². The minimum atomic E-state index is -2.23. The summed E-state index contributed by atoms with van der Waals surface area (Å²) in [4.78, 5) is 12.3. The highest BCUT2D eigenvalue weighted by atomic mass is 35.6. The van der Waals surface area contributed by atoms with E-state index in [0.717, 1.165) is 11.1 Å². The summed E-state index contributed by atoms with van der Waals surface area (Å²) in [5.74, 6) is -1.30. The van der Waals surface area contributed by atoms with Gasteiger partial charge in [0.15, 0.2) is 14.4 Å². The van der Waals surface area contributed by atoms with Gasteiger partial charge < -0.3 is 28.1 Å². The van der Waals surface area contributed by atoms with Gasteiger partial charge in [0.1, 0.15) is 18.3 Å². The number of hydrogen-bond donors (Lipinski definition) is 1. The molecule has 1 heterocycles. The molecule has 2 aromatic carbocycles. The minimum absolute atomic E-state index is 0.0704. The van der Waals surface area contributed by atoms with Crippen LogP contribution >= 0.6 is 34.8 Å². The maximum atomic E-state index is 12.3. The number of hydrogen-bond acceptors (Lipinski definition) is 8. The lowest BCUT2D eigenvalue weighted by molar-refractivity contribution is -0.303. The summed E-state index contributed by atoms with van der Waals surface area (Å²) in [5.41, 5.74) is 1.83. The van der Waals surface area contributed by atoms with Gasteiger partial charge in [-0.15, -0.1) is 0 Å². The van der Waals surface area contributed by atoms with E-state index in [1.54, 1.807) is 0 Å². The molecule has 232 valence electrons. The molecular formula is C30H40Cl3NO7Si. The van der Waals surface area contributed by atoms with E-state index in [9.17, 15) is 4.79 Å². The van der Waals surface area contributed by atoms with Crippen molar-refractivity contribution in [1.29, 1.82) is 5.41 Å². The van der Waals surface area contributed by atoms with Crippen molar-refractivity contribution in [2.24, 2.45) is 0 Å². The number of ether oxygens (including phenoxy) is 5. The third kappa shape index (κ3) is 9.92. The van der Waals surface area contributed by atoms with Crippen LogP contribution in [0.4, 0.5) is 0 Å². The summed E-state index contributed by atoms with van der Waals surface area (Å²) in [6.45, 7) is 12.5. The van der Waals surface area contributed by atoms with Crippen LogP contribution < -0.4 is 0 Å². The Balaban J connectivity index is 2.01. The molecule has 3 rings (SSSR count). The second-order valence-corrected chi connectivity index (χ2v) is 18.7. The largest absolute Gasteiger partial charge is 0.453 e. The Labute approximate surface area is 264 Å². The van der Waals surface area contributed by atoms with E-state index in [1.165, 1.54) is 6.92 Å². The Kier molecular flexibility index (Phi) is 12.3. The fourth-order valence-corrected chi connectivity index (χ4v) is 5.19. The van der Waals surface area contributed by atoms with Crippen LogP contribution in [0.5, 0.6) is 0 Å². The molecular weight excluding hydrogens is 621 g/mol. The Morgan fingerprint density at radius 2 is 1.36 bits per heavy atom. The molecule has 1 aliphatic rings. The van der Waals surface area contributed by atoms with Gasteiger partial charge in [-0.05, 0) is 29.3 Å². The van der Waals surface area contributed by atoms with Crippen molar-refractivity contribution >= 4 is 55.0 Å². The highest BCUT2D eigenvalue weighted by molar-refractivity contribution is 6.76. The number of esters is 1. The minimum Gasteiger partial charge on any atom is -0.453 e. The third-order valence-electron chi connectivity index (χ3n) is 7.37. The standard InChI is InChI=1S/C30H40Cl3NO7Si/c1-20(35)39-26-25(37-18-22-15-11-8-12-16-22)24(36-17-21-13-9-7-10-14-21)23(19-38-42(5,6)29(2,3)4)40-27(26)41-28(34)30(31,32)33/h7-16,23-27,34H,17-19H2,1-6H3/t23-,24-,25+,26+,27?/m1/s1. The first-order chi connectivity index (χ1) is 19.6. The van der Waals surface area contributed by atoms with E-state index in [4.69, 9.17) is 68.3 Å². The monoisotopic (exact) mass is 659 g/mol. The first kappa shape index (κ1) is 34.8. The lowest BCUT2D eigenvalue weighted by Gasteiger charge is -2.46. The number of rotatable bonds is 11. The van der Waals surface area contributed by atoms with Crippen molar-refractivity contribution in [2.45, 2.75) is 93.5 Å². The molecule has 1 unspecified atom stereocenters. The number of carbonyl (C=O) groups is 1. The summed E-state index contributed by atoms with van der Waals surface area (Å²) in [7, 11) is -2.23. The lowest BCUT2D eigenvalue weighted by Crippen LogP contribution is -2.63. The molecule has 0 radical (unpaired) electrons. The van der Waals surface area contributed by atoms with E-state index < -0.39 is 54.7 Å². The molecule has 0 saturated carbocycles. The molecule has 12 heteroatoms. The number of alkyl halides is 3. The topological polar surface area (TPSA) is 96.3 Å². The van der Waals surface area contributed by atoms with Crippen LogP contribution in [0.3, 0.4) is 0 Å². The smallest absolute Gasteiger partial charge is 0.303 e. The molecule has 0 aromatic heterocycles. The number of halogens is 3. The first-order valence-corrected chi connectivity index (χ1v) is 17.7. The van der Waals surface area contributed by atoms with Gasteiger partial charge in [-0.1, -0.05) is 116 Å². The number of benzene rings is 2. The zero-order chi connectivity index (χ0) is 31.1. The van der Waals surface area contributed by atoms with Gasteiger partial charge in [-0.2, -0.15) is 0 Å². The number of nitrogens with one attached hydrogen (secondary N) is 1. The SMILES string of the molecule is CC(=O)O[C@@H]1C(OC(=N)C(Cl)(Cl)Cl)O[C@H](CO[Si](C)(C)C(C)(C)C)[C@@H](OCc2ccccc2)[C@@H]1OCc1ccccc1. The molecule has 1 aliphatic heterocycles. The Hall–Kier alpha value is -1.69. The predicted octanol–water partition coefficient (Wildman–Crippen LogP) is 7.20. The summed E-state index contributed by atoms with van der Waals surface area (Å²) in [5, 5.41) is 8.14. The fraction of sp³-hybridized carbons (Fsp3) is 0.533. The van der Waals surface area contributed by atoms with Crippen LogP contribution in [0.15, 0.2) is 60.7 Å². The second kappa shape index (κ2) is 14.9. The van der Waals surface area contributed by atoms with Crippen LogP contribution in [0.1, 0.15) is 38.8 Å². The van der Waals surface area contributed by atoms with E-state index in [-0.39, 0.29) is 24.9 Å². The van der Waals surface area contributed by atoms with E-state index >= 15 is 0 Å². The summed E-state index contributed by atoms with van der Waals surface area (Å²) in [6, 6.07) is 19.2. The quantitative estimate of drug-likeness (QED) is 0.0895. The van der Waals surface area contributed by atoms with Gasteiger partial charge in [0.25, 0.3) is 3.79 Å². The van der Waals surface area contributed by atoms with Crippen LogP contribution in [0.2, 0.25) is 18.1 Å². The molecule has 5 atom stereocenters. The maximum Gasteiger partial charge on any atom is 0.303 e. The third-order valence-corrected chi connectivity index (χ3v) is 12.4. The average molecular weight is 661 g/mol. The Bertz CT molecular complexity index is 1160. The van der Waals surface area contributed by atoms with E-state index in [1.807, 2.05) is 60.7 Å². The second-order valence-electron chi connectivity index (χ2n) is 11.7. The molecule has 1 fully saturated rings.